The molecule has 0 aromatic heterocycles. The third-order valence-corrected chi connectivity index (χ3v) is 4.88. The Morgan fingerprint density at radius 3 is 3.05 bits per heavy atom. The van der Waals surface area contributed by atoms with E-state index in [0.717, 1.165) is 55.2 Å². The fourth-order valence-electron chi connectivity index (χ4n) is 3.61. The molecule has 1 aromatic carbocycles. The summed E-state index contributed by atoms with van der Waals surface area (Å²) in [7, 11) is 0. The summed E-state index contributed by atoms with van der Waals surface area (Å²) in [5.74, 6) is 7.27. The van der Waals surface area contributed by atoms with Gasteiger partial charge in [-0.25, -0.2) is 0 Å². The van der Waals surface area contributed by atoms with Gasteiger partial charge in [0.2, 0.25) is 0 Å². The highest BCUT2D eigenvalue weighted by Crippen LogP contribution is 2.35. The summed E-state index contributed by atoms with van der Waals surface area (Å²) in [6.07, 6.45) is 4.13. The Labute approximate surface area is 130 Å². The van der Waals surface area contributed by atoms with Crippen molar-refractivity contribution in [1.82, 2.24) is 5.43 Å². The summed E-state index contributed by atoms with van der Waals surface area (Å²) in [6.45, 7) is 3.73. The van der Waals surface area contributed by atoms with E-state index in [9.17, 15) is 0 Å². The Balaban J connectivity index is 1.81. The molecule has 3 unspecified atom stereocenters. The van der Waals surface area contributed by atoms with E-state index in [2.05, 4.69) is 12.3 Å². The van der Waals surface area contributed by atoms with Crippen molar-refractivity contribution < 1.29 is 9.47 Å². The summed E-state index contributed by atoms with van der Waals surface area (Å²) in [4.78, 5) is 0. The minimum Gasteiger partial charge on any atom is -0.493 e. The van der Waals surface area contributed by atoms with Crippen molar-refractivity contribution in [2.75, 3.05) is 13.2 Å². The highest BCUT2D eigenvalue weighted by molar-refractivity contribution is 6.30. The molecule has 3 rings (SSSR count). The van der Waals surface area contributed by atoms with Crippen molar-refractivity contribution in [3.05, 3.63) is 28.3 Å². The van der Waals surface area contributed by atoms with E-state index >= 15 is 0 Å². The predicted octanol–water partition coefficient (Wildman–Crippen LogP) is 2.46. The Morgan fingerprint density at radius 1 is 1.43 bits per heavy atom. The maximum Gasteiger partial charge on any atom is 0.125 e. The molecule has 1 aromatic rings. The molecule has 0 bridgehead atoms. The first-order chi connectivity index (χ1) is 10.2. The number of ether oxygens (including phenoxy) is 2. The number of hydrogen-bond acceptors (Lipinski definition) is 4. The van der Waals surface area contributed by atoms with Gasteiger partial charge in [0, 0.05) is 30.0 Å². The lowest BCUT2D eigenvalue weighted by atomic mass is 9.87. The van der Waals surface area contributed by atoms with Gasteiger partial charge in [0.05, 0.1) is 12.7 Å². The average Bonchev–Trinajstić information content (AvgIpc) is 3.12. The van der Waals surface area contributed by atoms with E-state index in [1.54, 1.807) is 0 Å². The number of halogens is 1. The number of nitrogens with one attached hydrogen (secondary N) is 1. The summed E-state index contributed by atoms with van der Waals surface area (Å²) >= 11 is 6.24. The topological polar surface area (TPSA) is 56.5 Å². The van der Waals surface area contributed by atoms with Gasteiger partial charge in [-0.1, -0.05) is 18.5 Å². The minimum atomic E-state index is 0.184. The van der Waals surface area contributed by atoms with Crippen molar-refractivity contribution in [2.45, 2.75) is 44.8 Å². The van der Waals surface area contributed by atoms with Gasteiger partial charge in [-0.3, -0.25) is 11.3 Å². The van der Waals surface area contributed by atoms with Gasteiger partial charge in [0.1, 0.15) is 5.75 Å². The van der Waals surface area contributed by atoms with Gasteiger partial charge in [-0.05, 0) is 42.5 Å². The van der Waals surface area contributed by atoms with Crippen LogP contribution in [0.1, 0.15) is 30.9 Å². The first-order valence-corrected chi connectivity index (χ1v) is 8.12. The van der Waals surface area contributed by atoms with Crippen LogP contribution in [0.3, 0.4) is 0 Å². The maximum atomic E-state index is 6.24. The maximum absolute atomic E-state index is 6.24. The Kier molecular flexibility index (Phi) is 4.69. The second kappa shape index (κ2) is 6.53. The van der Waals surface area contributed by atoms with Gasteiger partial charge in [-0.2, -0.15) is 0 Å². The zero-order chi connectivity index (χ0) is 14.8. The first-order valence-electron chi connectivity index (χ1n) is 7.74. The van der Waals surface area contributed by atoms with E-state index in [0.29, 0.717) is 12.0 Å². The summed E-state index contributed by atoms with van der Waals surface area (Å²) in [5, 5.41) is 0.778. The normalized spacial score (nSPS) is 25.7. The third kappa shape index (κ3) is 3.04. The monoisotopic (exact) mass is 310 g/mol. The van der Waals surface area contributed by atoms with E-state index in [1.165, 1.54) is 5.56 Å². The Bertz CT molecular complexity index is 509. The summed E-state index contributed by atoms with van der Waals surface area (Å²) in [6, 6.07) is 4.20. The number of hydrazine groups is 1. The van der Waals surface area contributed by atoms with Crippen LogP contribution in [0.5, 0.6) is 5.75 Å². The van der Waals surface area contributed by atoms with E-state index in [-0.39, 0.29) is 6.04 Å². The lowest BCUT2D eigenvalue weighted by Gasteiger charge is -2.27. The average molecular weight is 311 g/mol. The lowest BCUT2D eigenvalue weighted by Crippen LogP contribution is -2.45. The number of benzene rings is 1. The van der Waals surface area contributed by atoms with Crippen molar-refractivity contribution in [3.63, 3.8) is 0 Å². The van der Waals surface area contributed by atoms with Gasteiger partial charge in [0.15, 0.2) is 0 Å². The highest BCUT2D eigenvalue weighted by Gasteiger charge is 2.34. The number of hydrogen-bond donors (Lipinski definition) is 2. The fraction of sp³-hybridized carbons (Fsp3) is 0.625. The van der Waals surface area contributed by atoms with Gasteiger partial charge >= 0.3 is 0 Å². The number of fused-ring (bicyclic) bond motifs is 1. The standard InChI is InChI=1S/C16H23ClN2O2/c1-2-15-13(4-6-20-15)14(19-18)9-11-8-12(17)7-10-3-5-21-16(10)11/h7-8,13-15,19H,2-6,9,18H2,1H3. The molecule has 3 atom stereocenters. The van der Waals surface area contributed by atoms with Crippen LogP contribution >= 0.6 is 11.6 Å². The fourth-order valence-corrected chi connectivity index (χ4v) is 3.88. The molecule has 3 N–H and O–H groups in total. The molecule has 0 amide bonds. The molecule has 0 aliphatic carbocycles. The second-order valence-electron chi connectivity index (χ2n) is 5.90. The van der Waals surface area contributed by atoms with Gasteiger partial charge in [0.25, 0.3) is 0 Å². The molecule has 116 valence electrons. The van der Waals surface area contributed by atoms with Crippen LogP contribution in [0.25, 0.3) is 0 Å². The highest BCUT2D eigenvalue weighted by atomic mass is 35.5. The second-order valence-corrected chi connectivity index (χ2v) is 6.34. The SMILES string of the molecule is CCC1OCCC1C(Cc1cc(Cl)cc2c1OCC2)NN. The van der Waals surface area contributed by atoms with Crippen LogP contribution in [0.2, 0.25) is 5.02 Å². The molecule has 0 radical (unpaired) electrons. The quantitative estimate of drug-likeness (QED) is 0.648. The van der Waals surface area contributed by atoms with Crippen molar-refractivity contribution in [1.29, 1.82) is 0 Å². The molecular weight excluding hydrogens is 288 g/mol. The molecule has 2 heterocycles. The molecule has 2 aliphatic heterocycles. The Morgan fingerprint density at radius 2 is 2.29 bits per heavy atom. The molecule has 0 spiro atoms. The minimum absolute atomic E-state index is 0.184. The molecule has 21 heavy (non-hydrogen) atoms. The summed E-state index contributed by atoms with van der Waals surface area (Å²) in [5.41, 5.74) is 5.35. The molecular formula is C16H23ClN2O2. The molecule has 0 saturated carbocycles. The van der Waals surface area contributed by atoms with Crippen LogP contribution in [-0.4, -0.2) is 25.4 Å². The van der Waals surface area contributed by atoms with Crippen LogP contribution in [-0.2, 0) is 17.6 Å². The molecule has 1 saturated heterocycles. The zero-order valence-corrected chi connectivity index (χ0v) is 13.2. The lowest BCUT2D eigenvalue weighted by molar-refractivity contribution is 0.0774. The largest absolute Gasteiger partial charge is 0.493 e. The van der Waals surface area contributed by atoms with Crippen LogP contribution < -0.4 is 16.0 Å². The Hall–Kier alpha value is -0.810. The van der Waals surface area contributed by atoms with E-state index in [4.69, 9.17) is 26.9 Å². The predicted molar refractivity (Wildman–Crippen MR) is 83.6 cm³/mol. The zero-order valence-electron chi connectivity index (χ0n) is 12.4. The summed E-state index contributed by atoms with van der Waals surface area (Å²) < 4.78 is 11.6. The first kappa shape index (κ1) is 15.1. The molecule has 4 nitrogen and oxygen atoms in total. The number of nitrogens with two attached hydrogens (primary N) is 1. The van der Waals surface area contributed by atoms with Gasteiger partial charge in [-0.15, -0.1) is 0 Å². The van der Waals surface area contributed by atoms with Crippen LogP contribution in [0, 0.1) is 5.92 Å². The van der Waals surface area contributed by atoms with Crippen molar-refractivity contribution in [3.8, 4) is 5.75 Å². The molecule has 2 aliphatic rings. The van der Waals surface area contributed by atoms with Crippen LogP contribution in [0.15, 0.2) is 12.1 Å². The van der Waals surface area contributed by atoms with Gasteiger partial charge < -0.3 is 9.47 Å². The van der Waals surface area contributed by atoms with Crippen LogP contribution in [0.4, 0.5) is 0 Å². The molecule has 1 fully saturated rings. The third-order valence-electron chi connectivity index (χ3n) is 4.66. The van der Waals surface area contributed by atoms with E-state index in [1.807, 2.05) is 12.1 Å². The van der Waals surface area contributed by atoms with Crippen molar-refractivity contribution >= 4 is 11.6 Å². The molecule has 5 heteroatoms. The van der Waals surface area contributed by atoms with E-state index < -0.39 is 0 Å². The smallest absolute Gasteiger partial charge is 0.125 e. The van der Waals surface area contributed by atoms with Crippen molar-refractivity contribution in [2.24, 2.45) is 11.8 Å². The number of rotatable bonds is 5.